The topological polar surface area (TPSA) is 40.9 Å². The van der Waals surface area contributed by atoms with Crippen LogP contribution < -0.4 is 0 Å². The first-order valence-corrected chi connectivity index (χ1v) is 5.90. The lowest BCUT2D eigenvalue weighted by Gasteiger charge is -2.14. The van der Waals surface area contributed by atoms with Gasteiger partial charge in [0.2, 0.25) is 0 Å². The molecule has 1 aromatic carbocycles. The number of halogens is 4. The van der Waals surface area contributed by atoms with Gasteiger partial charge in [0, 0.05) is 0 Å². The fraction of sp³-hybridized carbons (Fsp3) is 0.333. The van der Waals surface area contributed by atoms with E-state index in [0.717, 1.165) is 12.1 Å². The lowest BCUT2D eigenvalue weighted by atomic mass is 9.97. The first-order chi connectivity index (χ1) is 8.27. The summed E-state index contributed by atoms with van der Waals surface area (Å²) < 4.78 is 37.8. The summed E-state index contributed by atoms with van der Waals surface area (Å²) in [6.45, 7) is 1.27. The second-order valence-electron chi connectivity index (χ2n) is 3.72. The molecule has 0 spiro atoms. The Morgan fingerprint density at radius 3 is 2.56 bits per heavy atom. The number of hydrogen-bond acceptors (Lipinski definition) is 2. The molecule has 0 N–H and O–H groups in total. The van der Waals surface area contributed by atoms with Crippen molar-refractivity contribution in [3.05, 3.63) is 34.9 Å². The number of hydrogen-bond donors (Lipinski definition) is 0. The van der Waals surface area contributed by atoms with Crippen molar-refractivity contribution in [2.45, 2.75) is 24.3 Å². The van der Waals surface area contributed by atoms with Gasteiger partial charge in [-0.3, -0.25) is 4.79 Å². The van der Waals surface area contributed by atoms with Crippen molar-refractivity contribution in [1.29, 1.82) is 5.26 Å². The average molecular weight is 320 g/mol. The van der Waals surface area contributed by atoms with Crippen LogP contribution in [0, 0.1) is 11.3 Å². The van der Waals surface area contributed by atoms with Gasteiger partial charge in [0.15, 0.2) is 0 Å². The zero-order valence-electron chi connectivity index (χ0n) is 9.38. The van der Waals surface area contributed by atoms with E-state index in [2.05, 4.69) is 15.9 Å². The van der Waals surface area contributed by atoms with Crippen molar-refractivity contribution >= 4 is 21.7 Å². The Morgan fingerprint density at radius 2 is 2.11 bits per heavy atom. The van der Waals surface area contributed by atoms with Crippen molar-refractivity contribution in [3.63, 3.8) is 0 Å². The fourth-order valence-electron chi connectivity index (χ4n) is 1.47. The molecule has 0 amide bonds. The van der Waals surface area contributed by atoms with E-state index in [4.69, 9.17) is 5.26 Å². The highest BCUT2D eigenvalue weighted by molar-refractivity contribution is 9.09. The van der Waals surface area contributed by atoms with Gasteiger partial charge in [-0.15, -0.1) is 0 Å². The van der Waals surface area contributed by atoms with Gasteiger partial charge in [-0.2, -0.15) is 18.4 Å². The number of benzene rings is 1. The smallest absolute Gasteiger partial charge is 0.298 e. The molecule has 1 rings (SSSR count). The summed E-state index contributed by atoms with van der Waals surface area (Å²) in [7, 11) is 0. The number of carbonyl (C=O) groups excluding carboxylic acids is 1. The molecule has 0 aliphatic rings. The van der Waals surface area contributed by atoms with Crippen LogP contribution in [-0.4, -0.2) is 5.78 Å². The van der Waals surface area contributed by atoms with Gasteiger partial charge in [-0.1, -0.05) is 22.0 Å². The summed E-state index contributed by atoms with van der Waals surface area (Å²) in [5.41, 5.74) is -0.216. The van der Waals surface area contributed by atoms with E-state index in [0.29, 0.717) is 5.56 Å². The van der Waals surface area contributed by atoms with E-state index >= 15 is 0 Å². The molecule has 2 nitrogen and oxygen atoms in total. The van der Waals surface area contributed by atoms with E-state index in [9.17, 15) is 18.0 Å². The summed E-state index contributed by atoms with van der Waals surface area (Å²) in [6.07, 6.45) is -4.51. The van der Waals surface area contributed by atoms with Crippen LogP contribution in [0.5, 0.6) is 0 Å². The van der Waals surface area contributed by atoms with Gasteiger partial charge in [0.25, 0.3) is 0 Å². The summed E-state index contributed by atoms with van der Waals surface area (Å²) >= 11 is 3.05. The van der Waals surface area contributed by atoms with E-state index in [1.165, 1.54) is 13.0 Å². The highest BCUT2D eigenvalue weighted by Crippen LogP contribution is 2.34. The molecule has 0 heterocycles. The maximum atomic E-state index is 12.6. The number of ketones is 1. The molecule has 0 saturated carbocycles. The predicted molar refractivity (Wildman–Crippen MR) is 63.1 cm³/mol. The third-order valence-electron chi connectivity index (χ3n) is 2.37. The normalized spacial score (nSPS) is 12.9. The monoisotopic (exact) mass is 319 g/mol. The van der Waals surface area contributed by atoms with Crippen molar-refractivity contribution in [2.75, 3.05) is 0 Å². The van der Waals surface area contributed by atoms with Gasteiger partial charge < -0.3 is 0 Å². The zero-order chi connectivity index (χ0) is 13.9. The number of carbonyl (C=O) groups is 1. The molecule has 0 aliphatic heterocycles. The molecule has 6 heteroatoms. The van der Waals surface area contributed by atoms with Gasteiger partial charge in [0.05, 0.1) is 22.9 Å². The molecule has 96 valence electrons. The van der Waals surface area contributed by atoms with Crippen LogP contribution in [0.3, 0.4) is 0 Å². The standard InChI is InChI=1S/C12H9BrF3NO/c1-7(18)11(13)10-6-9(12(14,15)16)3-2-8(10)4-5-17/h2-3,6,11H,4H2,1H3. The Morgan fingerprint density at radius 1 is 1.50 bits per heavy atom. The number of nitriles is 1. The van der Waals surface area contributed by atoms with Gasteiger partial charge >= 0.3 is 6.18 Å². The first-order valence-electron chi connectivity index (χ1n) is 4.99. The Balaban J connectivity index is 3.33. The molecule has 0 saturated heterocycles. The summed E-state index contributed by atoms with van der Waals surface area (Å²) in [5.74, 6) is -0.312. The van der Waals surface area contributed by atoms with Crippen LogP contribution in [0.15, 0.2) is 18.2 Å². The average Bonchev–Trinajstić information content (AvgIpc) is 2.27. The molecule has 0 fully saturated rings. The lowest BCUT2D eigenvalue weighted by molar-refractivity contribution is -0.137. The van der Waals surface area contributed by atoms with Gasteiger partial charge in [-0.05, 0) is 30.2 Å². The lowest BCUT2D eigenvalue weighted by Crippen LogP contribution is -2.10. The van der Waals surface area contributed by atoms with Crippen molar-refractivity contribution < 1.29 is 18.0 Å². The number of rotatable bonds is 3. The molecular formula is C12H9BrF3NO. The summed E-state index contributed by atoms with van der Waals surface area (Å²) in [4.78, 5) is 10.4. The summed E-state index contributed by atoms with van der Waals surface area (Å²) in [6, 6.07) is 4.92. The molecule has 0 radical (unpaired) electrons. The van der Waals surface area contributed by atoms with E-state index < -0.39 is 16.6 Å². The maximum Gasteiger partial charge on any atom is 0.416 e. The third kappa shape index (κ3) is 3.33. The maximum absolute atomic E-state index is 12.6. The molecule has 18 heavy (non-hydrogen) atoms. The van der Waals surface area contributed by atoms with Crippen LogP contribution in [0.4, 0.5) is 13.2 Å². The Kier molecular flexibility index (Phi) is 4.52. The second kappa shape index (κ2) is 5.53. The molecule has 0 aliphatic carbocycles. The van der Waals surface area contributed by atoms with Crippen molar-refractivity contribution in [1.82, 2.24) is 0 Å². The Hall–Kier alpha value is -1.35. The van der Waals surface area contributed by atoms with E-state index in [-0.39, 0.29) is 17.8 Å². The van der Waals surface area contributed by atoms with Crippen LogP contribution in [0.25, 0.3) is 0 Å². The van der Waals surface area contributed by atoms with Gasteiger partial charge in [0.1, 0.15) is 5.78 Å². The highest BCUT2D eigenvalue weighted by Gasteiger charge is 2.32. The van der Waals surface area contributed by atoms with Crippen LogP contribution in [0.1, 0.15) is 28.4 Å². The predicted octanol–water partition coefficient (Wildman–Crippen LogP) is 3.80. The van der Waals surface area contributed by atoms with E-state index in [1.54, 1.807) is 0 Å². The largest absolute Gasteiger partial charge is 0.416 e. The van der Waals surface area contributed by atoms with Crippen LogP contribution in [0.2, 0.25) is 0 Å². The zero-order valence-corrected chi connectivity index (χ0v) is 11.0. The van der Waals surface area contributed by atoms with E-state index in [1.807, 2.05) is 6.07 Å². The molecule has 1 atom stereocenters. The van der Waals surface area contributed by atoms with Gasteiger partial charge in [-0.25, -0.2) is 0 Å². The van der Waals surface area contributed by atoms with Crippen LogP contribution in [-0.2, 0) is 17.4 Å². The highest BCUT2D eigenvalue weighted by atomic mass is 79.9. The SMILES string of the molecule is CC(=O)C(Br)c1cc(C(F)(F)F)ccc1CC#N. The minimum absolute atomic E-state index is 0.0388. The third-order valence-corrected chi connectivity index (χ3v) is 3.51. The molecular weight excluding hydrogens is 311 g/mol. The molecule has 1 unspecified atom stereocenters. The van der Waals surface area contributed by atoms with Crippen molar-refractivity contribution in [2.24, 2.45) is 0 Å². The Bertz CT molecular complexity index is 505. The fourth-order valence-corrected chi connectivity index (χ4v) is 1.90. The quantitative estimate of drug-likeness (QED) is 0.795. The van der Waals surface area contributed by atoms with Crippen molar-refractivity contribution in [3.8, 4) is 6.07 Å². The van der Waals surface area contributed by atoms with Crippen LogP contribution >= 0.6 is 15.9 Å². The first kappa shape index (κ1) is 14.7. The summed E-state index contributed by atoms with van der Waals surface area (Å²) in [5, 5.41) is 8.62. The molecule has 1 aromatic rings. The molecule has 0 bridgehead atoms. The Labute approximate surface area is 111 Å². The second-order valence-corrected chi connectivity index (χ2v) is 4.64. The number of alkyl halides is 4. The number of nitrogens with zero attached hydrogens (tertiary/aromatic N) is 1. The minimum Gasteiger partial charge on any atom is -0.298 e. The molecule has 0 aromatic heterocycles. The minimum atomic E-state index is -4.47. The number of Topliss-reactive ketones (excluding diaryl/α,β-unsaturated/α-hetero) is 1.